The molecule has 148 valence electrons. The second kappa shape index (κ2) is 21.3. The van der Waals surface area contributed by atoms with Crippen molar-refractivity contribution in [2.75, 3.05) is 0 Å². The third-order valence-electron chi connectivity index (χ3n) is 5.00. The Morgan fingerprint density at radius 2 is 0.920 bits per heavy atom. The molecule has 0 aliphatic heterocycles. The quantitative estimate of drug-likeness (QED) is 0.178. The second-order valence-electron chi connectivity index (χ2n) is 7.51. The molecule has 0 bridgehead atoms. The minimum absolute atomic E-state index is 0.344. The van der Waals surface area contributed by atoms with Crippen LogP contribution in [0.5, 0.6) is 0 Å². The molecule has 0 saturated heterocycles. The number of unbranched alkanes of at least 4 members (excludes halogenated alkanes) is 17. The summed E-state index contributed by atoms with van der Waals surface area (Å²) in [5, 5.41) is 8.56. The van der Waals surface area contributed by atoms with Gasteiger partial charge in [0.05, 0.1) is 0 Å². The fourth-order valence-corrected chi connectivity index (χ4v) is 3.36. The molecule has 0 heterocycles. The smallest absolute Gasteiger partial charge is 0.303 e. The summed E-state index contributed by atoms with van der Waals surface area (Å²) in [6.45, 7) is 2.10. The fourth-order valence-electron chi connectivity index (χ4n) is 3.36. The molecule has 0 aliphatic carbocycles. The number of carbonyl (C=O) groups is 1. The Kier molecular flexibility index (Phi) is 20.6. The van der Waals surface area contributed by atoms with E-state index in [9.17, 15) is 4.79 Å². The summed E-state index contributed by atoms with van der Waals surface area (Å²) in [5.41, 5.74) is 0. The number of aliphatic carboxylic acids is 1. The Morgan fingerprint density at radius 3 is 1.24 bits per heavy atom. The number of rotatable bonds is 20. The molecule has 25 heavy (non-hydrogen) atoms. The van der Waals surface area contributed by atoms with Crippen molar-refractivity contribution in [3.63, 3.8) is 0 Å². The molecule has 0 rings (SSSR count). The van der Waals surface area contributed by atoms with Gasteiger partial charge in [0.1, 0.15) is 0 Å². The van der Waals surface area contributed by atoms with Crippen molar-refractivity contribution in [3.8, 4) is 0 Å². The monoisotopic (exact) mass is 352 g/mol. The van der Waals surface area contributed by atoms with E-state index in [2.05, 4.69) is 19.1 Å². The number of allylic oxidation sites excluding steroid dienone is 2. The third kappa shape index (κ3) is 23.2. The van der Waals surface area contributed by atoms with Gasteiger partial charge in [0, 0.05) is 6.42 Å². The van der Waals surface area contributed by atoms with E-state index in [1.807, 2.05) is 0 Å². The summed E-state index contributed by atoms with van der Waals surface area (Å²) in [6.07, 6.45) is 28.8. The van der Waals surface area contributed by atoms with E-state index in [4.69, 9.17) is 5.11 Å². The highest BCUT2D eigenvalue weighted by atomic mass is 16.4. The van der Waals surface area contributed by atoms with Crippen LogP contribution in [-0.4, -0.2) is 11.1 Å². The van der Waals surface area contributed by atoms with Gasteiger partial charge in [-0.2, -0.15) is 0 Å². The Morgan fingerprint density at radius 1 is 0.600 bits per heavy atom. The van der Waals surface area contributed by atoms with Gasteiger partial charge in [-0.3, -0.25) is 4.79 Å². The van der Waals surface area contributed by atoms with E-state index < -0.39 is 5.97 Å². The molecule has 0 unspecified atom stereocenters. The maximum absolute atomic E-state index is 10.4. The minimum Gasteiger partial charge on any atom is -0.481 e. The molecule has 1 N–H and O–H groups in total. The van der Waals surface area contributed by atoms with Gasteiger partial charge >= 0.3 is 5.97 Å². The van der Waals surface area contributed by atoms with Gasteiger partial charge in [0.25, 0.3) is 0 Å². The Labute approximate surface area is 157 Å². The molecule has 0 aromatic rings. The molecular weight excluding hydrogens is 308 g/mol. The average Bonchev–Trinajstić information content (AvgIpc) is 2.60. The minimum atomic E-state index is -0.653. The second-order valence-corrected chi connectivity index (χ2v) is 7.51. The molecule has 2 nitrogen and oxygen atoms in total. The normalized spacial score (nSPS) is 11.4. The standard InChI is InChI=1S/C23H44O2/c1-2-3-4-5-6-7-8-9-10-11-12-13-14-15-16-17-18-19-20-21-22-23(24)25/h2-3H,4-22H2,1H3,(H,24,25)/b3-2-. The summed E-state index contributed by atoms with van der Waals surface area (Å²) in [5.74, 6) is -0.653. The number of hydrogen-bond donors (Lipinski definition) is 1. The first-order chi connectivity index (χ1) is 12.3. The summed E-state index contributed by atoms with van der Waals surface area (Å²) in [4.78, 5) is 10.4. The zero-order valence-electron chi connectivity index (χ0n) is 16.9. The van der Waals surface area contributed by atoms with Gasteiger partial charge in [0.2, 0.25) is 0 Å². The van der Waals surface area contributed by atoms with E-state index >= 15 is 0 Å². The highest BCUT2D eigenvalue weighted by molar-refractivity contribution is 5.66. The van der Waals surface area contributed by atoms with Crippen molar-refractivity contribution in [3.05, 3.63) is 12.2 Å². The first-order valence-corrected chi connectivity index (χ1v) is 11.1. The van der Waals surface area contributed by atoms with Crippen LogP contribution in [0, 0.1) is 0 Å². The molecule has 0 spiro atoms. The largest absolute Gasteiger partial charge is 0.481 e. The van der Waals surface area contributed by atoms with Crippen molar-refractivity contribution in [1.29, 1.82) is 0 Å². The molecule has 0 aliphatic rings. The van der Waals surface area contributed by atoms with Crippen LogP contribution < -0.4 is 0 Å². The molecule has 0 aromatic heterocycles. The zero-order chi connectivity index (χ0) is 18.4. The van der Waals surface area contributed by atoms with Crippen LogP contribution >= 0.6 is 0 Å². The predicted octanol–water partition coefficient (Wildman–Crippen LogP) is 8.06. The van der Waals surface area contributed by atoms with Gasteiger partial charge < -0.3 is 5.11 Å². The van der Waals surface area contributed by atoms with Crippen molar-refractivity contribution in [2.45, 2.75) is 129 Å². The number of carboxylic acids is 1. The first-order valence-electron chi connectivity index (χ1n) is 11.1. The molecular formula is C23H44O2. The highest BCUT2D eigenvalue weighted by Gasteiger charge is 1.97. The predicted molar refractivity (Wildman–Crippen MR) is 110 cm³/mol. The summed E-state index contributed by atoms with van der Waals surface area (Å²) < 4.78 is 0. The summed E-state index contributed by atoms with van der Waals surface area (Å²) >= 11 is 0. The van der Waals surface area contributed by atoms with Crippen molar-refractivity contribution >= 4 is 5.97 Å². The maximum Gasteiger partial charge on any atom is 0.303 e. The zero-order valence-corrected chi connectivity index (χ0v) is 16.9. The van der Waals surface area contributed by atoms with Crippen LogP contribution in [0.4, 0.5) is 0 Å². The first kappa shape index (κ1) is 24.2. The third-order valence-corrected chi connectivity index (χ3v) is 5.00. The highest BCUT2D eigenvalue weighted by Crippen LogP contribution is 2.14. The maximum atomic E-state index is 10.4. The van der Waals surface area contributed by atoms with E-state index in [-0.39, 0.29) is 0 Å². The van der Waals surface area contributed by atoms with E-state index in [0.717, 1.165) is 12.8 Å². The van der Waals surface area contributed by atoms with Gasteiger partial charge in [-0.1, -0.05) is 108 Å². The van der Waals surface area contributed by atoms with Crippen LogP contribution in [0.1, 0.15) is 129 Å². The van der Waals surface area contributed by atoms with E-state index in [1.54, 1.807) is 0 Å². The topological polar surface area (TPSA) is 37.3 Å². The van der Waals surface area contributed by atoms with E-state index in [0.29, 0.717) is 6.42 Å². The Bertz CT molecular complexity index is 296. The van der Waals surface area contributed by atoms with Gasteiger partial charge in [-0.05, 0) is 26.2 Å². The summed E-state index contributed by atoms with van der Waals surface area (Å²) in [7, 11) is 0. The molecule has 0 aromatic carbocycles. The lowest BCUT2D eigenvalue weighted by Crippen LogP contribution is -1.93. The molecule has 0 amide bonds. The molecule has 0 saturated carbocycles. The average molecular weight is 353 g/mol. The molecule has 2 heteroatoms. The van der Waals surface area contributed by atoms with Crippen molar-refractivity contribution in [1.82, 2.24) is 0 Å². The van der Waals surface area contributed by atoms with Crippen LogP contribution in [0.3, 0.4) is 0 Å². The van der Waals surface area contributed by atoms with Gasteiger partial charge in [-0.25, -0.2) is 0 Å². The SMILES string of the molecule is C/C=C\CCCCCCCCCCCCCCCCCCCC(=O)O. The number of hydrogen-bond acceptors (Lipinski definition) is 1. The lowest BCUT2D eigenvalue weighted by molar-refractivity contribution is -0.137. The lowest BCUT2D eigenvalue weighted by atomic mass is 10.0. The van der Waals surface area contributed by atoms with Crippen molar-refractivity contribution in [2.24, 2.45) is 0 Å². The van der Waals surface area contributed by atoms with Crippen LogP contribution in [0.25, 0.3) is 0 Å². The van der Waals surface area contributed by atoms with Crippen LogP contribution in [0.2, 0.25) is 0 Å². The molecule has 0 fully saturated rings. The van der Waals surface area contributed by atoms with Crippen molar-refractivity contribution < 1.29 is 9.90 Å². The Hall–Kier alpha value is -0.790. The number of carboxylic acid groups (broad SMARTS) is 1. The van der Waals surface area contributed by atoms with Crippen LogP contribution in [-0.2, 0) is 4.79 Å². The fraction of sp³-hybridized carbons (Fsp3) is 0.870. The summed E-state index contributed by atoms with van der Waals surface area (Å²) in [6, 6.07) is 0. The molecule has 0 atom stereocenters. The molecule has 0 radical (unpaired) electrons. The van der Waals surface area contributed by atoms with Gasteiger partial charge in [0.15, 0.2) is 0 Å². The van der Waals surface area contributed by atoms with Gasteiger partial charge in [-0.15, -0.1) is 0 Å². The Balaban J connectivity index is 2.99. The lowest BCUT2D eigenvalue weighted by Gasteiger charge is -2.03. The van der Waals surface area contributed by atoms with Crippen LogP contribution in [0.15, 0.2) is 12.2 Å². The van der Waals surface area contributed by atoms with E-state index in [1.165, 1.54) is 103 Å².